The normalized spacial score (nSPS) is 10.8. The second-order valence-corrected chi connectivity index (χ2v) is 8.15. The van der Waals surface area contributed by atoms with Crippen molar-refractivity contribution in [2.45, 2.75) is 30.0 Å². The predicted molar refractivity (Wildman–Crippen MR) is 102 cm³/mol. The summed E-state index contributed by atoms with van der Waals surface area (Å²) in [5, 5.41) is 4.12. The van der Waals surface area contributed by atoms with Crippen molar-refractivity contribution in [2.75, 3.05) is 11.1 Å². The summed E-state index contributed by atoms with van der Waals surface area (Å²) in [5.41, 5.74) is 1.07. The number of nitrogens with one attached hydrogen (secondary N) is 2. The van der Waals surface area contributed by atoms with E-state index in [1.54, 1.807) is 36.0 Å². The lowest BCUT2D eigenvalue weighted by Gasteiger charge is -2.07. The summed E-state index contributed by atoms with van der Waals surface area (Å²) in [7, 11) is 0. The minimum atomic E-state index is -0.210. The molecule has 0 fully saturated rings. The number of amides is 1. The average Bonchev–Trinajstić information content (AvgIpc) is 2.53. The molecule has 5 nitrogen and oxygen atoms in total. The van der Waals surface area contributed by atoms with Gasteiger partial charge in [0.1, 0.15) is 0 Å². The molecule has 0 aliphatic heterocycles. The summed E-state index contributed by atoms with van der Waals surface area (Å²) in [5.74, 6) is 0.591. The van der Waals surface area contributed by atoms with E-state index in [2.05, 4.69) is 29.1 Å². The molecule has 0 aliphatic rings. The van der Waals surface area contributed by atoms with Gasteiger partial charge in [-0.2, -0.15) is 11.8 Å². The van der Waals surface area contributed by atoms with Crippen LogP contribution in [0.25, 0.3) is 0 Å². The molecular weight excluding hydrogens is 366 g/mol. The minimum Gasteiger partial charge on any atom is -0.324 e. The molecular formula is C16H18ClN3O2S2. The molecule has 24 heavy (non-hydrogen) atoms. The molecule has 0 bridgehead atoms. The van der Waals surface area contributed by atoms with Crippen LogP contribution in [0, 0.1) is 0 Å². The molecule has 8 heteroatoms. The van der Waals surface area contributed by atoms with Gasteiger partial charge in [-0.15, -0.1) is 0 Å². The van der Waals surface area contributed by atoms with Crippen LogP contribution in [-0.4, -0.2) is 26.9 Å². The number of anilines is 1. The molecule has 1 amide bonds. The largest absolute Gasteiger partial charge is 0.324 e. The third-order valence-corrected chi connectivity index (χ3v) is 5.16. The van der Waals surface area contributed by atoms with Crippen molar-refractivity contribution in [1.29, 1.82) is 0 Å². The summed E-state index contributed by atoms with van der Waals surface area (Å²) < 4.78 is 0. The smallest absolute Gasteiger partial charge is 0.251 e. The van der Waals surface area contributed by atoms with Gasteiger partial charge in [-0.05, 0) is 17.4 Å². The Kier molecular flexibility index (Phi) is 7.20. The van der Waals surface area contributed by atoms with Crippen LogP contribution in [-0.2, 0) is 10.5 Å². The lowest BCUT2D eigenvalue weighted by molar-refractivity contribution is -0.113. The summed E-state index contributed by atoms with van der Waals surface area (Å²) in [6, 6.07) is 8.52. The Morgan fingerprint density at radius 2 is 2.12 bits per heavy atom. The van der Waals surface area contributed by atoms with E-state index in [4.69, 9.17) is 11.6 Å². The molecule has 0 aliphatic carbocycles. The summed E-state index contributed by atoms with van der Waals surface area (Å²) in [6.07, 6.45) is 0. The zero-order chi connectivity index (χ0) is 17.5. The maximum absolute atomic E-state index is 12.0. The SMILES string of the molecule is CC(C)SCc1cc(=O)[nH]c(SCC(=O)Nc2ccccc2Cl)n1. The van der Waals surface area contributed by atoms with Crippen LogP contribution in [0.15, 0.2) is 40.3 Å². The first-order valence-electron chi connectivity index (χ1n) is 7.33. The number of carbonyl (C=O) groups is 1. The van der Waals surface area contributed by atoms with Crippen LogP contribution in [0.1, 0.15) is 19.5 Å². The number of H-pyrrole nitrogens is 1. The number of aromatic amines is 1. The van der Waals surface area contributed by atoms with Crippen molar-refractivity contribution in [1.82, 2.24) is 9.97 Å². The Labute approximate surface area is 154 Å². The molecule has 2 rings (SSSR count). The number of thioether (sulfide) groups is 2. The molecule has 2 aromatic rings. The van der Waals surface area contributed by atoms with Crippen LogP contribution in [0.2, 0.25) is 5.02 Å². The Hall–Kier alpha value is -1.44. The van der Waals surface area contributed by atoms with Crippen molar-refractivity contribution in [3.8, 4) is 0 Å². The number of hydrogen-bond donors (Lipinski definition) is 2. The number of halogens is 1. The van der Waals surface area contributed by atoms with Gasteiger partial charge in [-0.3, -0.25) is 9.59 Å². The Morgan fingerprint density at radius 3 is 2.83 bits per heavy atom. The molecule has 0 saturated carbocycles. The van der Waals surface area contributed by atoms with E-state index in [-0.39, 0.29) is 17.2 Å². The first-order chi connectivity index (χ1) is 11.4. The van der Waals surface area contributed by atoms with E-state index in [1.165, 1.54) is 17.8 Å². The van der Waals surface area contributed by atoms with E-state index in [0.717, 1.165) is 0 Å². The topological polar surface area (TPSA) is 74.8 Å². The summed E-state index contributed by atoms with van der Waals surface area (Å²) in [4.78, 5) is 30.7. The average molecular weight is 384 g/mol. The number of benzene rings is 1. The van der Waals surface area contributed by atoms with Gasteiger partial charge in [0.2, 0.25) is 5.91 Å². The van der Waals surface area contributed by atoms with Crippen LogP contribution in [0.3, 0.4) is 0 Å². The standard InChI is InChI=1S/C16H18ClN3O2S2/c1-10(2)23-8-11-7-14(21)20-16(18-11)24-9-15(22)19-13-6-4-3-5-12(13)17/h3-7,10H,8-9H2,1-2H3,(H,19,22)(H,18,20,21). The molecule has 0 unspecified atom stereocenters. The summed E-state index contributed by atoms with van der Waals surface area (Å²) in [6.45, 7) is 4.18. The number of rotatable bonds is 7. The van der Waals surface area contributed by atoms with E-state index < -0.39 is 0 Å². The maximum atomic E-state index is 12.0. The highest BCUT2D eigenvalue weighted by Crippen LogP contribution is 2.21. The molecule has 0 spiro atoms. The highest BCUT2D eigenvalue weighted by atomic mass is 35.5. The molecule has 128 valence electrons. The molecule has 2 N–H and O–H groups in total. The Bertz CT molecular complexity index is 765. The number of nitrogens with zero attached hydrogens (tertiary/aromatic N) is 1. The molecule has 1 heterocycles. The first kappa shape index (κ1) is 18.9. The van der Waals surface area contributed by atoms with E-state index in [0.29, 0.717) is 32.6 Å². The van der Waals surface area contributed by atoms with Gasteiger partial charge in [-0.1, -0.05) is 49.3 Å². The molecule has 0 saturated heterocycles. The predicted octanol–water partition coefficient (Wildman–Crippen LogP) is 3.80. The highest BCUT2D eigenvalue weighted by Gasteiger charge is 2.09. The van der Waals surface area contributed by atoms with Gasteiger partial charge in [0.15, 0.2) is 5.16 Å². The van der Waals surface area contributed by atoms with Crippen molar-refractivity contribution >= 4 is 46.7 Å². The molecule has 1 aromatic carbocycles. The van der Waals surface area contributed by atoms with E-state index >= 15 is 0 Å². The van der Waals surface area contributed by atoms with Gasteiger partial charge in [0, 0.05) is 11.8 Å². The lowest BCUT2D eigenvalue weighted by atomic mass is 10.3. The summed E-state index contributed by atoms with van der Waals surface area (Å²) >= 11 is 8.90. The number of para-hydroxylation sites is 1. The second-order valence-electron chi connectivity index (χ2n) is 5.22. The molecule has 1 aromatic heterocycles. The minimum absolute atomic E-state index is 0.134. The first-order valence-corrected chi connectivity index (χ1v) is 9.74. The lowest BCUT2D eigenvalue weighted by Crippen LogP contribution is -2.16. The number of aromatic nitrogens is 2. The molecule has 0 atom stereocenters. The fourth-order valence-corrected chi connectivity index (χ4v) is 3.29. The third kappa shape index (κ3) is 6.22. The van der Waals surface area contributed by atoms with Crippen LogP contribution < -0.4 is 10.9 Å². The Balaban J connectivity index is 1.95. The van der Waals surface area contributed by atoms with Gasteiger partial charge in [-0.25, -0.2) is 4.98 Å². The van der Waals surface area contributed by atoms with Crippen LogP contribution in [0.4, 0.5) is 5.69 Å². The van der Waals surface area contributed by atoms with Crippen molar-refractivity contribution in [3.05, 3.63) is 51.4 Å². The van der Waals surface area contributed by atoms with Crippen LogP contribution in [0.5, 0.6) is 0 Å². The monoisotopic (exact) mass is 383 g/mol. The third-order valence-electron chi connectivity index (χ3n) is 2.83. The van der Waals surface area contributed by atoms with Crippen LogP contribution >= 0.6 is 35.1 Å². The zero-order valence-corrected chi connectivity index (χ0v) is 15.7. The van der Waals surface area contributed by atoms with E-state index in [1.807, 2.05) is 0 Å². The van der Waals surface area contributed by atoms with Gasteiger partial charge in [0.05, 0.1) is 22.2 Å². The highest BCUT2D eigenvalue weighted by molar-refractivity contribution is 7.99. The van der Waals surface area contributed by atoms with Gasteiger partial charge < -0.3 is 10.3 Å². The Morgan fingerprint density at radius 1 is 1.38 bits per heavy atom. The number of carbonyl (C=O) groups excluding carboxylic acids is 1. The number of hydrogen-bond acceptors (Lipinski definition) is 5. The van der Waals surface area contributed by atoms with Gasteiger partial charge >= 0.3 is 0 Å². The zero-order valence-electron chi connectivity index (χ0n) is 13.3. The quantitative estimate of drug-likeness (QED) is 0.562. The van der Waals surface area contributed by atoms with Crippen molar-refractivity contribution in [2.24, 2.45) is 0 Å². The maximum Gasteiger partial charge on any atom is 0.251 e. The van der Waals surface area contributed by atoms with Gasteiger partial charge in [0.25, 0.3) is 5.56 Å². The fourth-order valence-electron chi connectivity index (χ4n) is 1.76. The fraction of sp³-hybridized carbons (Fsp3) is 0.312. The van der Waals surface area contributed by atoms with Crippen molar-refractivity contribution in [3.63, 3.8) is 0 Å². The van der Waals surface area contributed by atoms with Crippen molar-refractivity contribution < 1.29 is 4.79 Å². The second kappa shape index (κ2) is 9.15. The van der Waals surface area contributed by atoms with E-state index in [9.17, 15) is 9.59 Å². The molecule has 0 radical (unpaired) electrons.